The van der Waals surface area contributed by atoms with Gasteiger partial charge in [-0.15, -0.1) is 0 Å². The van der Waals surface area contributed by atoms with Gasteiger partial charge in [0, 0.05) is 29.5 Å². The summed E-state index contributed by atoms with van der Waals surface area (Å²) < 4.78 is 0. The molecule has 0 radical (unpaired) electrons. The van der Waals surface area contributed by atoms with E-state index in [4.69, 9.17) is 0 Å². The van der Waals surface area contributed by atoms with Crippen LogP contribution in [0.15, 0.2) is 54.6 Å². The molecule has 0 fully saturated rings. The molecular formula is C29H26BNO2. The minimum absolute atomic E-state index is 0.152. The van der Waals surface area contributed by atoms with E-state index >= 15 is 0 Å². The van der Waals surface area contributed by atoms with Gasteiger partial charge in [-0.1, -0.05) is 69.2 Å². The Morgan fingerprint density at radius 2 is 1.42 bits per heavy atom. The molecule has 6 rings (SSSR count). The first-order valence-corrected chi connectivity index (χ1v) is 11.9. The minimum Gasteiger partial charge on any atom is -0.277 e. The number of hydrogen-bond donors (Lipinski definition) is 0. The van der Waals surface area contributed by atoms with E-state index in [0.717, 1.165) is 29.2 Å². The third-order valence-corrected chi connectivity index (χ3v) is 7.85. The average molecular weight is 431 g/mol. The van der Waals surface area contributed by atoms with Crippen molar-refractivity contribution in [1.29, 1.82) is 0 Å². The Kier molecular flexibility index (Phi) is 4.32. The molecule has 4 aromatic rings. The van der Waals surface area contributed by atoms with Crippen molar-refractivity contribution in [3.8, 4) is 11.1 Å². The fraction of sp³-hybridized carbons (Fsp3) is 0.241. The number of imide groups is 1. The van der Waals surface area contributed by atoms with E-state index in [1.807, 2.05) is 12.1 Å². The van der Waals surface area contributed by atoms with Crippen LogP contribution >= 0.6 is 0 Å². The molecule has 1 aliphatic heterocycles. The number of benzene rings is 4. The Labute approximate surface area is 194 Å². The molecule has 2 unspecified atom stereocenters. The van der Waals surface area contributed by atoms with E-state index in [-0.39, 0.29) is 17.7 Å². The summed E-state index contributed by atoms with van der Waals surface area (Å²) in [5, 5.41) is 4.50. The van der Waals surface area contributed by atoms with E-state index in [9.17, 15) is 9.59 Å². The molecule has 0 spiro atoms. The average Bonchev–Trinajstić information content (AvgIpc) is 2.93. The van der Waals surface area contributed by atoms with Crippen molar-refractivity contribution >= 4 is 41.2 Å². The summed E-state index contributed by atoms with van der Waals surface area (Å²) in [7, 11) is 3.89. The number of rotatable bonds is 3. The van der Waals surface area contributed by atoms with Crippen LogP contribution in [0.4, 0.5) is 0 Å². The lowest BCUT2D eigenvalue weighted by molar-refractivity contribution is 0.0650. The standard InChI is InChI=1S/C29H26BNO2/c1-4-6-24(30)18-11-9-16-15(2)17-10-13-22-27-23(29(33)31(3)28(22)32)14-12-21(26(17)27)20-8-5-7-19(18)25(16)20/h5,7-15,24H,4,6,30H2,1-3H3. The van der Waals surface area contributed by atoms with Crippen LogP contribution in [0, 0.1) is 0 Å². The third kappa shape index (κ3) is 2.58. The highest BCUT2D eigenvalue weighted by Gasteiger charge is 2.34. The van der Waals surface area contributed by atoms with Crippen LogP contribution in [0.1, 0.15) is 75.8 Å². The molecule has 33 heavy (non-hydrogen) atoms. The highest BCUT2D eigenvalue weighted by Crippen LogP contribution is 2.49. The largest absolute Gasteiger partial charge is 0.277 e. The molecule has 0 bridgehead atoms. The van der Waals surface area contributed by atoms with E-state index in [1.165, 1.54) is 37.9 Å². The van der Waals surface area contributed by atoms with E-state index in [0.29, 0.717) is 16.9 Å². The van der Waals surface area contributed by atoms with Crippen molar-refractivity contribution in [1.82, 2.24) is 4.90 Å². The van der Waals surface area contributed by atoms with Crippen LogP contribution in [0.3, 0.4) is 0 Å². The molecular weight excluding hydrogens is 405 g/mol. The number of carbonyl (C=O) groups is 2. The molecule has 1 aliphatic carbocycles. The first kappa shape index (κ1) is 20.2. The van der Waals surface area contributed by atoms with Gasteiger partial charge in [-0.05, 0) is 61.9 Å². The Morgan fingerprint density at radius 1 is 0.818 bits per heavy atom. The maximum absolute atomic E-state index is 13.0. The molecule has 0 saturated carbocycles. The second-order valence-electron chi connectivity index (χ2n) is 9.67. The zero-order valence-corrected chi connectivity index (χ0v) is 19.5. The van der Waals surface area contributed by atoms with Crippen LogP contribution in [0.25, 0.3) is 32.7 Å². The SMILES string of the molecule is BC(CCC)c1ccc2c3c(cccc13)-c1ccc3c4c(ccc(c14)C2C)C(=O)N(C)C3=O. The van der Waals surface area contributed by atoms with Crippen molar-refractivity contribution in [2.75, 3.05) is 7.05 Å². The first-order valence-electron chi connectivity index (χ1n) is 11.9. The van der Waals surface area contributed by atoms with E-state index in [2.05, 4.69) is 64.2 Å². The first-order chi connectivity index (χ1) is 15.9. The summed E-state index contributed by atoms with van der Waals surface area (Å²) in [6.45, 7) is 4.49. The van der Waals surface area contributed by atoms with Crippen LogP contribution < -0.4 is 0 Å². The Morgan fingerprint density at radius 3 is 2.15 bits per heavy atom. The van der Waals surface area contributed by atoms with Gasteiger partial charge in [-0.25, -0.2) is 0 Å². The van der Waals surface area contributed by atoms with Crippen molar-refractivity contribution in [3.63, 3.8) is 0 Å². The second-order valence-corrected chi connectivity index (χ2v) is 9.67. The number of hydrogen-bond acceptors (Lipinski definition) is 2. The lowest BCUT2D eigenvalue weighted by Crippen LogP contribution is -2.37. The minimum atomic E-state index is -0.223. The topological polar surface area (TPSA) is 37.4 Å². The quantitative estimate of drug-likeness (QED) is 0.303. The molecule has 0 aromatic heterocycles. The summed E-state index contributed by atoms with van der Waals surface area (Å²) in [5.41, 5.74) is 7.45. The highest BCUT2D eigenvalue weighted by molar-refractivity contribution is 6.28. The summed E-state index contributed by atoms with van der Waals surface area (Å²) in [5.74, 6) is 0.198. The predicted octanol–water partition coefficient (Wildman–Crippen LogP) is 5.83. The monoisotopic (exact) mass is 431 g/mol. The smallest absolute Gasteiger partial charge is 0.261 e. The Balaban J connectivity index is 1.76. The highest BCUT2D eigenvalue weighted by atomic mass is 16.2. The fourth-order valence-corrected chi connectivity index (χ4v) is 6.14. The van der Waals surface area contributed by atoms with E-state index in [1.54, 1.807) is 7.05 Å². The fourth-order valence-electron chi connectivity index (χ4n) is 6.14. The second kappa shape index (κ2) is 7.05. The molecule has 3 nitrogen and oxygen atoms in total. The molecule has 2 aliphatic rings. The number of nitrogens with zero attached hydrogens (tertiary/aromatic N) is 1. The van der Waals surface area contributed by atoms with Crippen LogP contribution in [-0.4, -0.2) is 31.6 Å². The van der Waals surface area contributed by atoms with Gasteiger partial charge in [-0.2, -0.15) is 0 Å². The maximum atomic E-state index is 13.0. The van der Waals surface area contributed by atoms with Crippen LogP contribution in [-0.2, 0) is 0 Å². The van der Waals surface area contributed by atoms with Gasteiger partial charge in [0.15, 0.2) is 0 Å². The van der Waals surface area contributed by atoms with Crippen LogP contribution in [0.2, 0.25) is 0 Å². The van der Waals surface area contributed by atoms with Gasteiger partial charge in [-0.3, -0.25) is 14.5 Å². The van der Waals surface area contributed by atoms with E-state index < -0.39 is 0 Å². The number of carbonyl (C=O) groups excluding carboxylic acids is 2. The number of fused-ring (bicyclic) bond motifs is 1. The van der Waals surface area contributed by atoms with Gasteiger partial charge in [0.1, 0.15) is 7.85 Å². The molecule has 0 N–H and O–H groups in total. The van der Waals surface area contributed by atoms with Crippen LogP contribution in [0.5, 0.6) is 0 Å². The zero-order valence-electron chi connectivity index (χ0n) is 19.5. The molecule has 162 valence electrons. The molecule has 4 aromatic carbocycles. The lowest BCUT2D eigenvalue weighted by Gasteiger charge is -2.26. The summed E-state index contributed by atoms with van der Waals surface area (Å²) >= 11 is 0. The summed E-state index contributed by atoms with van der Waals surface area (Å²) in [6.07, 6.45) is 2.32. The van der Waals surface area contributed by atoms with Gasteiger partial charge in [0.2, 0.25) is 0 Å². The maximum Gasteiger partial charge on any atom is 0.261 e. The lowest BCUT2D eigenvalue weighted by atomic mass is 9.75. The van der Waals surface area contributed by atoms with Gasteiger partial charge in [0.25, 0.3) is 11.8 Å². The molecule has 2 atom stereocenters. The Hall–Kier alpha value is -3.40. The van der Waals surface area contributed by atoms with Crippen molar-refractivity contribution in [2.45, 2.75) is 38.4 Å². The van der Waals surface area contributed by atoms with Gasteiger partial charge in [0.05, 0.1) is 0 Å². The van der Waals surface area contributed by atoms with Gasteiger partial charge < -0.3 is 0 Å². The van der Waals surface area contributed by atoms with Crippen molar-refractivity contribution in [3.05, 3.63) is 82.4 Å². The molecule has 2 amide bonds. The molecule has 4 heteroatoms. The normalized spacial score (nSPS) is 17.5. The third-order valence-electron chi connectivity index (χ3n) is 7.85. The van der Waals surface area contributed by atoms with Crippen molar-refractivity contribution < 1.29 is 9.59 Å². The van der Waals surface area contributed by atoms with Crippen molar-refractivity contribution in [2.24, 2.45) is 0 Å². The zero-order chi connectivity index (χ0) is 23.0. The Bertz CT molecular complexity index is 1500. The number of amides is 2. The van der Waals surface area contributed by atoms with Gasteiger partial charge >= 0.3 is 0 Å². The molecule has 0 saturated heterocycles. The summed E-state index contributed by atoms with van der Waals surface area (Å²) in [4.78, 5) is 27.2. The predicted molar refractivity (Wildman–Crippen MR) is 137 cm³/mol. The molecule has 1 heterocycles. The summed E-state index contributed by atoms with van der Waals surface area (Å²) in [6, 6.07) is 19.2.